The summed E-state index contributed by atoms with van der Waals surface area (Å²) in [5.41, 5.74) is 1.96. The number of nitriles is 1. The number of rotatable bonds is 3. The zero-order valence-corrected chi connectivity index (χ0v) is 10.2. The molecular weight excluding hydrogens is 200 g/mol. The summed E-state index contributed by atoms with van der Waals surface area (Å²) in [6, 6.07) is 7.81. The Balaban J connectivity index is 3.03. The van der Waals surface area contributed by atoms with Gasteiger partial charge in [-0.2, -0.15) is 5.26 Å². The lowest BCUT2D eigenvalue weighted by atomic mass is 9.97. The molecule has 86 valence electrons. The molecule has 0 radical (unpaired) electrons. The number of aryl methyl sites for hydroxylation is 1. The van der Waals surface area contributed by atoms with Crippen LogP contribution in [0.15, 0.2) is 18.2 Å². The first-order valence-electron chi connectivity index (χ1n) is 5.34. The van der Waals surface area contributed by atoms with Gasteiger partial charge in [0.2, 0.25) is 0 Å². The van der Waals surface area contributed by atoms with Crippen molar-refractivity contribution in [1.82, 2.24) is 0 Å². The van der Waals surface area contributed by atoms with Crippen molar-refractivity contribution >= 4 is 5.69 Å². The van der Waals surface area contributed by atoms with Crippen molar-refractivity contribution in [3.8, 4) is 6.07 Å². The fourth-order valence-electron chi connectivity index (χ4n) is 1.31. The van der Waals surface area contributed by atoms with Crippen molar-refractivity contribution in [2.45, 2.75) is 39.3 Å². The minimum atomic E-state index is -0.500. The molecule has 1 rings (SSSR count). The lowest BCUT2D eigenvalue weighted by Gasteiger charge is -2.31. The molecule has 0 heterocycles. The molecule has 3 nitrogen and oxygen atoms in total. The van der Waals surface area contributed by atoms with Crippen LogP contribution in [0.2, 0.25) is 0 Å². The second-order valence-corrected chi connectivity index (χ2v) is 4.68. The standard InChI is InChI=1S/C13H18N2O/c1-9-5-6-12(11(7-9)8-14)15-13(3,4)10(2)16/h5-7,10,15-16H,1-4H3. The molecule has 2 N–H and O–H groups in total. The van der Waals surface area contributed by atoms with Crippen LogP contribution >= 0.6 is 0 Å². The predicted octanol–water partition coefficient (Wildman–Crippen LogP) is 2.44. The first-order chi connectivity index (χ1) is 7.36. The molecular formula is C13H18N2O. The summed E-state index contributed by atoms with van der Waals surface area (Å²) in [6.45, 7) is 7.48. The van der Waals surface area contributed by atoms with E-state index in [2.05, 4.69) is 11.4 Å². The minimum absolute atomic E-state index is 0.457. The quantitative estimate of drug-likeness (QED) is 0.819. The van der Waals surface area contributed by atoms with E-state index in [1.54, 1.807) is 6.92 Å². The molecule has 0 aliphatic carbocycles. The van der Waals surface area contributed by atoms with Gasteiger partial charge in [-0.15, -0.1) is 0 Å². The Bertz CT molecular complexity index is 416. The van der Waals surface area contributed by atoms with Crippen molar-refractivity contribution in [3.05, 3.63) is 29.3 Å². The fourth-order valence-corrected chi connectivity index (χ4v) is 1.31. The lowest BCUT2D eigenvalue weighted by Crippen LogP contribution is -2.42. The molecule has 0 aliphatic rings. The van der Waals surface area contributed by atoms with Gasteiger partial charge >= 0.3 is 0 Å². The van der Waals surface area contributed by atoms with Gasteiger partial charge in [-0.3, -0.25) is 0 Å². The molecule has 0 bridgehead atoms. The molecule has 1 aromatic carbocycles. The smallest absolute Gasteiger partial charge is 0.101 e. The van der Waals surface area contributed by atoms with E-state index in [4.69, 9.17) is 5.26 Å². The van der Waals surface area contributed by atoms with Gasteiger partial charge in [0.25, 0.3) is 0 Å². The molecule has 3 heteroatoms. The molecule has 1 aromatic rings. The number of hydrogen-bond donors (Lipinski definition) is 2. The van der Waals surface area contributed by atoms with Crippen molar-refractivity contribution in [3.63, 3.8) is 0 Å². The van der Waals surface area contributed by atoms with Gasteiger partial charge < -0.3 is 10.4 Å². The molecule has 0 spiro atoms. The Morgan fingerprint density at radius 1 is 1.44 bits per heavy atom. The van der Waals surface area contributed by atoms with E-state index in [1.165, 1.54) is 0 Å². The molecule has 0 saturated heterocycles. The highest BCUT2D eigenvalue weighted by Crippen LogP contribution is 2.22. The molecule has 1 atom stereocenters. The van der Waals surface area contributed by atoms with Gasteiger partial charge in [-0.05, 0) is 45.4 Å². The van der Waals surface area contributed by atoms with Crippen LogP contribution in [0.1, 0.15) is 31.9 Å². The fraction of sp³-hybridized carbons (Fsp3) is 0.462. The van der Waals surface area contributed by atoms with E-state index in [0.29, 0.717) is 5.56 Å². The molecule has 0 fully saturated rings. The van der Waals surface area contributed by atoms with E-state index >= 15 is 0 Å². The van der Waals surface area contributed by atoms with Crippen LogP contribution in [0.25, 0.3) is 0 Å². The summed E-state index contributed by atoms with van der Waals surface area (Å²) < 4.78 is 0. The Hall–Kier alpha value is -1.53. The molecule has 0 amide bonds. The van der Waals surface area contributed by atoms with Gasteiger partial charge in [0, 0.05) is 0 Å². The van der Waals surface area contributed by atoms with Gasteiger partial charge in [0.1, 0.15) is 6.07 Å². The monoisotopic (exact) mass is 218 g/mol. The lowest BCUT2D eigenvalue weighted by molar-refractivity contribution is 0.133. The maximum Gasteiger partial charge on any atom is 0.101 e. The zero-order valence-electron chi connectivity index (χ0n) is 10.2. The summed E-state index contributed by atoms with van der Waals surface area (Å²) in [5.74, 6) is 0. The highest BCUT2D eigenvalue weighted by Gasteiger charge is 2.24. The van der Waals surface area contributed by atoms with E-state index in [9.17, 15) is 5.11 Å². The summed E-state index contributed by atoms with van der Waals surface area (Å²) in [7, 11) is 0. The Labute approximate surface area is 96.7 Å². The Kier molecular flexibility index (Phi) is 3.56. The van der Waals surface area contributed by atoms with Crippen molar-refractivity contribution in [2.24, 2.45) is 0 Å². The Morgan fingerprint density at radius 2 is 2.06 bits per heavy atom. The summed E-state index contributed by atoms with van der Waals surface area (Å²) in [6.07, 6.45) is -0.500. The SMILES string of the molecule is Cc1ccc(NC(C)(C)C(C)O)c(C#N)c1. The van der Waals surface area contributed by atoms with Crippen molar-refractivity contribution < 1.29 is 5.11 Å². The van der Waals surface area contributed by atoms with Crippen LogP contribution in [-0.2, 0) is 0 Å². The van der Waals surface area contributed by atoms with Gasteiger partial charge in [-0.25, -0.2) is 0 Å². The van der Waals surface area contributed by atoms with Crippen LogP contribution < -0.4 is 5.32 Å². The number of hydrogen-bond acceptors (Lipinski definition) is 3. The van der Waals surface area contributed by atoms with Crippen molar-refractivity contribution in [1.29, 1.82) is 5.26 Å². The number of anilines is 1. The minimum Gasteiger partial charge on any atom is -0.391 e. The van der Waals surface area contributed by atoms with Gasteiger partial charge in [0.15, 0.2) is 0 Å². The van der Waals surface area contributed by atoms with Crippen LogP contribution in [0, 0.1) is 18.3 Å². The number of nitrogens with zero attached hydrogens (tertiary/aromatic N) is 1. The summed E-state index contributed by atoms with van der Waals surface area (Å²) in [5, 5.41) is 21.8. The second kappa shape index (κ2) is 4.54. The first kappa shape index (κ1) is 12.5. The number of benzene rings is 1. The second-order valence-electron chi connectivity index (χ2n) is 4.68. The molecule has 0 aromatic heterocycles. The number of aliphatic hydroxyl groups excluding tert-OH is 1. The summed E-state index contributed by atoms with van der Waals surface area (Å²) in [4.78, 5) is 0. The van der Waals surface area contributed by atoms with Crippen LogP contribution in [0.5, 0.6) is 0 Å². The van der Waals surface area contributed by atoms with Crippen LogP contribution in [0.3, 0.4) is 0 Å². The Morgan fingerprint density at radius 3 is 2.56 bits per heavy atom. The van der Waals surface area contributed by atoms with Crippen molar-refractivity contribution in [2.75, 3.05) is 5.32 Å². The van der Waals surface area contributed by atoms with Crippen LogP contribution in [-0.4, -0.2) is 16.7 Å². The average Bonchev–Trinajstić information content (AvgIpc) is 2.20. The topological polar surface area (TPSA) is 56.0 Å². The normalized spacial score (nSPS) is 13.0. The van der Waals surface area contributed by atoms with E-state index < -0.39 is 11.6 Å². The highest BCUT2D eigenvalue weighted by atomic mass is 16.3. The van der Waals surface area contributed by atoms with E-state index in [0.717, 1.165) is 11.3 Å². The van der Waals surface area contributed by atoms with Crippen LogP contribution in [0.4, 0.5) is 5.69 Å². The number of aliphatic hydroxyl groups is 1. The largest absolute Gasteiger partial charge is 0.391 e. The third kappa shape index (κ3) is 2.74. The van der Waals surface area contributed by atoms with E-state index in [-0.39, 0.29) is 0 Å². The zero-order chi connectivity index (χ0) is 12.3. The van der Waals surface area contributed by atoms with Gasteiger partial charge in [-0.1, -0.05) is 6.07 Å². The summed E-state index contributed by atoms with van der Waals surface area (Å²) >= 11 is 0. The molecule has 0 saturated carbocycles. The highest BCUT2D eigenvalue weighted by molar-refractivity contribution is 5.59. The third-order valence-electron chi connectivity index (χ3n) is 2.80. The average molecular weight is 218 g/mol. The first-order valence-corrected chi connectivity index (χ1v) is 5.34. The molecule has 16 heavy (non-hydrogen) atoms. The number of nitrogens with one attached hydrogen (secondary N) is 1. The molecule has 0 aliphatic heterocycles. The van der Waals surface area contributed by atoms with E-state index in [1.807, 2.05) is 39.0 Å². The maximum atomic E-state index is 9.61. The predicted molar refractivity (Wildman–Crippen MR) is 65.3 cm³/mol. The third-order valence-corrected chi connectivity index (χ3v) is 2.80. The maximum absolute atomic E-state index is 9.61. The van der Waals surface area contributed by atoms with Gasteiger partial charge in [0.05, 0.1) is 22.9 Å². The molecule has 1 unspecified atom stereocenters.